The van der Waals surface area contributed by atoms with Crippen molar-refractivity contribution in [2.45, 2.75) is 46.3 Å². The molecule has 17 heavy (non-hydrogen) atoms. The van der Waals surface area contributed by atoms with Gasteiger partial charge in [-0.25, -0.2) is 9.59 Å². The largest absolute Gasteiger partial charge is 0.508 e. The maximum Gasteiger partial charge on any atom is 0.508 e. The molecule has 0 N–H and O–H groups in total. The Morgan fingerprint density at radius 3 is 2.12 bits per heavy atom. The quantitative estimate of drug-likeness (QED) is 0.563. The lowest BCUT2D eigenvalue weighted by Gasteiger charge is -2.22. The van der Waals surface area contributed by atoms with Crippen molar-refractivity contribution < 1.29 is 23.8 Å². The van der Waals surface area contributed by atoms with Gasteiger partial charge in [-0.05, 0) is 34.6 Å². The second kappa shape index (κ2) is 6.27. The SMILES string of the molecule is C/C=C(/C(=O)OC(C)(C)C)[C@H](C)OC(=O)OC. The van der Waals surface area contributed by atoms with Gasteiger partial charge in [0.1, 0.15) is 11.7 Å². The van der Waals surface area contributed by atoms with Crippen molar-refractivity contribution in [3.63, 3.8) is 0 Å². The first-order valence-corrected chi connectivity index (χ1v) is 5.35. The molecule has 0 saturated heterocycles. The zero-order valence-corrected chi connectivity index (χ0v) is 11.2. The molecule has 0 aromatic carbocycles. The molecule has 0 fully saturated rings. The average molecular weight is 244 g/mol. The van der Waals surface area contributed by atoms with Crippen LogP contribution >= 0.6 is 0 Å². The Kier molecular flexibility index (Phi) is 5.71. The highest BCUT2D eigenvalue weighted by Gasteiger charge is 2.25. The minimum absolute atomic E-state index is 0.283. The lowest BCUT2D eigenvalue weighted by Crippen LogP contribution is -2.29. The van der Waals surface area contributed by atoms with Crippen LogP contribution in [-0.4, -0.2) is 30.9 Å². The molecule has 5 nitrogen and oxygen atoms in total. The van der Waals surface area contributed by atoms with E-state index in [1.54, 1.807) is 40.7 Å². The lowest BCUT2D eigenvalue weighted by atomic mass is 10.1. The molecule has 0 amide bonds. The summed E-state index contributed by atoms with van der Waals surface area (Å²) in [7, 11) is 1.21. The van der Waals surface area contributed by atoms with Gasteiger partial charge in [-0.2, -0.15) is 0 Å². The van der Waals surface area contributed by atoms with Gasteiger partial charge in [-0.15, -0.1) is 0 Å². The highest BCUT2D eigenvalue weighted by atomic mass is 16.7. The first-order chi connectivity index (χ1) is 7.71. The molecule has 1 atom stereocenters. The summed E-state index contributed by atoms with van der Waals surface area (Å²) in [6.45, 7) is 8.56. The molecule has 0 aromatic rings. The maximum absolute atomic E-state index is 11.8. The van der Waals surface area contributed by atoms with Gasteiger partial charge in [0.2, 0.25) is 0 Å². The van der Waals surface area contributed by atoms with Crippen molar-refractivity contribution in [2.75, 3.05) is 7.11 Å². The highest BCUT2D eigenvalue weighted by molar-refractivity contribution is 5.90. The van der Waals surface area contributed by atoms with E-state index in [1.807, 2.05) is 0 Å². The molecular weight excluding hydrogens is 224 g/mol. The third-order valence-electron chi connectivity index (χ3n) is 1.82. The van der Waals surface area contributed by atoms with Crippen molar-refractivity contribution in [1.82, 2.24) is 0 Å². The third-order valence-corrected chi connectivity index (χ3v) is 1.82. The number of carbonyl (C=O) groups excluding carboxylic acids is 2. The summed E-state index contributed by atoms with van der Waals surface area (Å²) in [5, 5.41) is 0. The Balaban J connectivity index is 4.63. The van der Waals surface area contributed by atoms with Crippen molar-refractivity contribution in [3.05, 3.63) is 11.6 Å². The minimum Gasteiger partial charge on any atom is -0.457 e. The van der Waals surface area contributed by atoms with Crippen LogP contribution < -0.4 is 0 Å². The molecule has 0 saturated carbocycles. The summed E-state index contributed by atoms with van der Waals surface area (Å²) >= 11 is 0. The number of rotatable bonds is 3. The van der Waals surface area contributed by atoms with Crippen molar-refractivity contribution in [2.24, 2.45) is 0 Å². The second-order valence-electron chi connectivity index (χ2n) is 4.46. The van der Waals surface area contributed by atoms with Crippen LogP contribution in [0.1, 0.15) is 34.6 Å². The standard InChI is InChI=1S/C12H20O5/c1-7-9(8(2)16-11(14)15-6)10(13)17-12(3,4)5/h7-8H,1-6H3/b9-7+/t8-/m0/s1. The van der Waals surface area contributed by atoms with Crippen molar-refractivity contribution >= 4 is 12.1 Å². The average Bonchev–Trinajstić information content (AvgIpc) is 2.15. The third kappa shape index (κ3) is 5.94. The zero-order chi connectivity index (χ0) is 13.6. The Morgan fingerprint density at radius 2 is 1.76 bits per heavy atom. The normalized spacial score (nSPS) is 13.9. The minimum atomic E-state index is -0.833. The van der Waals surface area contributed by atoms with Crippen LogP contribution in [0.25, 0.3) is 0 Å². The first kappa shape index (κ1) is 15.5. The fraction of sp³-hybridized carbons (Fsp3) is 0.667. The number of esters is 1. The van der Waals surface area contributed by atoms with Gasteiger partial charge in [0, 0.05) is 0 Å². The molecule has 0 spiro atoms. The van der Waals surface area contributed by atoms with E-state index in [0.29, 0.717) is 0 Å². The zero-order valence-electron chi connectivity index (χ0n) is 11.2. The molecule has 0 radical (unpaired) electrons. The molecule has 0 heterocycles. The first-order valence-electron chi connectivity index (χ1n) is 5.35. The summed E-state index contributed by atoms with van der Waals surface area (Å²) in [5.74, 6) is -0.503. The summed E-state index contributed by atoms with van der Waals surface area (Å²) in [6, 6.07) is 0. The number of methoxy groups -OCH3 is 1. The van der Waals surface area contributed by atoms with E-state index in [1.165, 1.54) is 7.11 Å². The van der Waals surface area contributed by atoms with Gasteiger partial charge < -0.3 is 14.2 Å². The molecule has 0 aliphatic carbocycles. The number of carbonyl (C=O) groups is 2. The Hall–Kier alpha value is -1.52. The predicted octanol–water partition coefficient (Wildman–Crippen LogP) is 2.45. The number of hydrogen-bond acceptors (Lipinski definition) is 5. The molecule has 98 valence electrons. The summed E-state index contributed by atoms with van der Waals surface area (Å²) in [6.07, 6.45) is 0.0181. The Bertz CT molecular complexity index is 311. The highest BCUT2D eigenvalue weighted by Crippen LogP contribution is 2.15. The van der Waals surface area contributed by atoms with Gasteiger partial charge in [0.05, 0.1) is 12.7 Å². The van der Waals surface area contributed by atoms with E-state index in [2.05, 4.69) is 4.74 Å². The van der Waals surface area contributed by atoms with Crippen LogP contribution in [0.3, 0.4) is 0 Å². The Labute approximate surface area is 102 Å². The summed E-state index contributed by atoms with van der Waals surface area (Å²) in [4.78, 5) is 22.7. The van der Waals surface area contributed by atoms with E-state index < -0.39 is 23.8 Å². The molecule has 0 aliphatic rings. The van der Waals surface area contributed by atoms with Crippen LogP contribution in [0.2, 0.25) is 0 Å². The fourth-order valence-corrected chi connectivity index (χ4v) is 1.11. The van der Waals surface area contributed by atoms with Crippen LogP contribution in [0.5, 0.6) is 0 Å². The molecule has 0 aromatic heterocycles. The van der Waals surface area contributed by atoms with E-state index in [4.69, 9.17) is 9.47 Å². The summed E-state index contributed by atoms with van der Waals surface area (Å²) < 4.78 is 14.4. The molecule has 0 rings (SSSR count). The van der Waals surface area contributed by atoms with Gasteiger partial charge in [-0.1, -0.05) is 6.08 Å². The fourth-order valence-electron chi connectivity index (χ4n) is 1.11. The topological polar surface area (TPSA) is 61.8 Å². The molecule has 5 heteroatoms. The number of ether oxygens (including phenoxy) is 3. The number of allylic oxidation sites excluding steroid dienone is 1. The van der Waals surface area contributed by atoms with Crippen LogP contribution in [0.4, 0.5) is 4.79 Å². The maximum atomic E-state index is 11.8. The van der Waals surface area contributed by atoms with E-state index in [0.717, 1.165) is 0 Å². The van der Waals surface area contributed by atoms with E-state index in [-0.39, 0.29) is 5.57 Å². The molecular formula is C12H20O5. The molecule has 0 unspecified atom stereocenters. The van der Waals surface area contributed by atoms with Crippen LogP contribution in [0, 0.1) is 0 Å². The molecule has 0 aliphatic heterocycles. The van der Waals surface area contributed by atoms with Gasteiger partial charge in [-0.3, -0.25) is 0 Å². The van der Waals surface area contributed by atoms with Crippen LogP contribution in [-0.2, 0) is 19.0 Å². The molecule has 0 bridgehead atoms. The van der Waals surface area contributed by atoms with E-state index in [9.17, 15) is 9.59 Å². The number of hydrogen-bond donors (Lipinski definition) is 0. The smallest absolute Gasteiger partial charge is 0.457 e. The predicted molar refractivity (Wildman–Crippen MR) is 62.6 cm³/mol. The monoisotopic (exact) mass is 244 g/mol. The van der Waals surface area contributed by atoms with Gasteiger partial charge in [0.25, 0.3) is 0 Å². The van der Waals surface area contributed by atoms with Crippen molar-refractivity contribution in [3.8, 4) is 0 Å². The Morgan fingerprint density at radius 1 is 1.24 bits per heavy atom. The summed E-state index contributed by atoms with van der Waals surface area (Å²) in [5.41, 5.74) is -0.304. The van der Waals surface area contributed by atoms with E-state index >= 15 is 0 Å². The van der Waals surface area contributed by atoms with Gasteiger partial charge in [0.15, 0.2) is 0 Å². The second-order valence-corrected chi connectivity index (χ2v) is 4.46. The van der Waals surface area contributed by atoms with Crippen LogP contribution in [0.15, 0.2) is 11.6 Å². The van der Waals surface area contributed by atoms with Gasteiger partial charge >= 0.3 is 12.1 Å². The lowest BCUT2D eigenvalue weighted by molar-refractivity contribution is -0.151. The van der Waals surface area contributed by atoms with Crippen molar-refractivity contribution in [1.29, 1.82) is 0 Å².